The molecule has 0 aliphatic heterocycles. The first-order valence-electron chi connectivity index (χ1n) is 4.25. The highest BCUT2D eigenvalue weighted by Crippen LogP contribution is 2.17. The average Bonchev–Trinajstić information content (AvgIpc) is 2.06. The summed E-state index contributed by atoms with van der Waals surface area (Å²) in [5.74, 6) is -0.166. The summed E-state index contributed by atoms with van der Waals surface area (Å²) in [6.07, 6.45) is 5.64. The van der Waals surface area contributed by atoms with Crippen LogP contribution in [-0.2, 0) is 9.53 Å². The van der Waals surface area contributed by atoms with E-state index in [2.05, 4.69) is 13.0 Å². The summed E-state index contributed by atoms with van der Waals surface area (Å²) >= 11 is 0. The Morgan fingerprint density at radius 1 is 1.50 bits per heavy atom. The van der Waals surface area contributed by atoms with E-state index in [1.165, 1.54) is 5.57 Å². The van der Waals surface area contributed by atoms with E-state index in [9.17, 15) is 4.79 Å². The van der Waals surface area contributed by atoms with Gasteiger partial charge in [0.1, 0.15) is 0 Å². The van der Waals surface area contributed by atoms with Gasteiger partial charge in [-0.2, -0.15) is 0 Å². The molecule has 1 rings (SSSR count). The molecule has 0 unspecified atom stereocenters. The van der Waals surface area contributed by atoms with Crippen molar-refractivity contribution >= 4 is 5.97 Å². The summed E-state index contributed by atoms with van der Waals surface area (Å²) < 4.78 is 4.88. The van der Waals surface area contributed by atoms with E-state index < -0.39 is 0 Å². The lowest BCUT2D eigenvalue weighted by atomic mass is 10.0. The second-order valence-electron chi connectivity index (χ2n) is 2.91. The molecule has 66 valence electrons. The highest BCUT2D eigenvalue weighted by molar-refractivity contribution is 5.89. The number of carbonyl (C=O) groups is 1. The van der Waals surface area contributed by atoms with Crippen LogP contribution in [0.4, 0.5) is 0 Å². The number of carbonyl (C=O) groups excluding carboxylic acids is 1. The SMILES string of the molecule is CCOC(=O)C1=CCC(C)=CC1. The summed E-state index contributed by atoms with van der Waals surface area (Å²) in [6.45, 7) is 4.35. The minimum atomic E-state index is -0.166. The third-order valence-electron chi connectivity index (χ3n) is 1.88. The van der Waals surface area contributed by atoms with Gasteiger partial charge < -0.3 is 4.74 Å². The zero-order valence-electron chi connectivity index (χ0n) is 7.59. The second kappa shape index (κ2) is 4.10. The van der Waals surface area contributed by atoms with Gasteiger partial charge in [0, 0.05) is 5.57 Å². The fourth-order valence-corrected chi connectivity index (χ4v) is 1.13. The molecule has 0 aromatic rings. The van der Waals surface area contributed by atoms with Crippen LogP contribution in [0.5, 0.6) is 0 Å². The predicted octanol–water partition coefficient (Wildman–Crippen LogP) is 2.22. The minimum Gasteiger partial charge on any atom is -0.463 e. The van der Waals surface area contributed by atoms with Crippen molar-refractivity contribution in [2.45, 2.75) is 26.7 Å². The number of esters is 1. The number of rotatable bonds is 2. The first-order chi connectivity index (χ1) is 5.74. The van der Waals surface area contributed by atoms with Gasteiger partial charge in [-0.25, -0.2) is 4.79 Å². The Labute approximate surface area is 72.9 Å². The van der Waals surface area contributed by atoms with Gasteiger partial charge in [0.2, 0.25) is 0 Å². The Bertz CT molecular complexity index is 236. The Balaban J connectivity index is 2.50. The van der Waals surface area contributed by atoms with E-state index >= 15 is 0 Å². The molecule has 0 saturated carbocycles. The van der Waals surface area contributed by atoms with Crippen LogP contribution in [0.25, 0.3) is 0 Å². The van der Waals surface area contributed by atoms with Crippen LogP contribution >= 0.6 is 0 Å². The molecule has 1 aliphatic rings. The van der Waals surface area contributed by atoms with Gasteiger partial charge >= 0.3 is 5.97 Å². The average molecular weight is 166 g/mol. The normalized spacial score (nSPS) is 16.5. The number of allylic oxidation sites excluding steroid dienone is 3. The maximum atomic E-state index is 11.2. The molecule has 2 heteroatoms. The van der Waals surface area contributed by atoms with Crippen LogP contribution in [0.1, 0.15) is 26.7 Å². The van der Waals surface area contributed by atoms with E-state index in [-0.39, 0.29) is 5.97 Å². The van der Waals surface area contributed by atoms with Gasteiger partial charge in [0.15, 0.2) is 0 Å². The number of hydrogen-bond donors (Lipinski definition) is 0. The molecule has 2 nitrogen and oxygen atoms in total. The summed E-state index contributed by atoms with van der Waals surface area (Å²) in [4.78, 5) is 11.2. The predicted molar refractivity (Wildman–Crippen MR) is 47.7 cm³/mol. The molecule has 0 bridgehead atoms. The number of ether oxygens (including phenoxy) is 1. The molecule has 0 radical (unpaired) electrons. The molecule has 1 aliphatic carbocycles. The van der Waals surface area contributed by atoms with Gasteiger partial charge in [0.05, 0.1) is 6.61 Å². The monoisotopic (exact) mass is 166 g/mol. The molecule has 0 saturated heterocycles. The molecule has 0 heterocycles. The van der Waals surface area contributed by atoms with Crippen molar-refractivity contribution in [1.29, 1.82) is 0 Å². The van der Waals surface area contributed by atoms with Crippen LogP contribution in [-0.4, -0.2) is 12.6 Å². The van der Waals surface area contributed by atoms with Gasteiger partial charge in [-0.3, -0.25) is 0 Å². The molecule has 0 aromatic carbocycles. The van der Waals surface area contributed by atoms with Crippen molar-refractivity contribution < 1.29 is 9.53 Å². The van der Waals surface area contributed by atoms with Gasteiger partial charge in [-0.1, -0.05) is 17.7 Å². The van der Waals surface area contributed by atoms with E-state index in [0.717, 1.165) is 18.4 Å². The molecule has 0 amide bonds. The smallest absolute Gasteiger partial charge is 0.333 e. The van der Waals surface area contributed by atoms with Crippen LogP contribution in [0, 0.1) is 0 Å². The molecule has 0 fully saturated rings. The summed E-state index contributed by atoms with van der Waals surface area (Å²) in [7, 11) is 0. The first-order valence-corrected chi connectivity index (χ1v) is 4.25. The highest BCUT2D eigenvalue weighted by atomic mass is 16.5. The Morgan fingerprint density at radius 2 is 2.25 bits per heavy atom. The van der Waals surface area contributed by atoms with Crippen molar-refractivity contribution in [3.8, 4) is 0 Å². The summed E-state index contributed by atoms with van der Waals surface area (Å²) in [6, 6.07) is 0. The molecule has 0 atom stereocenters. The zero-order chi connectivity index (χ0) is 8.97. The molecule has 0 N–H and O–H groups in total. The second-order valence-corrected chi connectivity index (χ2v) is 2.91. The lowest BCUT2D eigenvalue weighted by molar-refractivity contribution is -0.138. The molecular weight excluding hydrogens is 152 g/mol. The van der Waals surface area contributed by atoms with Gasteiger partial charge in [-0.05, 0) is 26.7 Å². The van der Waals surface area contributed by atoms with Crippen molar-refractivity contribution in [3.05, 3.63) is 23.3 Å². The maximum absolute atomic E-state index is 11.2. The van der Waals surface area contributed by atoms with Crippen molar-refractivity contribution in [2.75, 3.05) is 6.61 Å². The van der Waals surface area contributed by atoms with Gasteiger partial charge in [-0.15, -0.1) is 0 Å². The third-order valence-corrected chi connectivity index (χ3v) is 1.88. The number of hydrogen-bond acceptors (Lipinski definition) is 2. The molecule has 12 heavy (non-hydrogen) atoms. The van der Waals surface area contributed by atoms with Crippen molar-refractivity contribution in [1.82, 2.24) is 0 Å². The molecule has 0 spiro atoms. The lowest BCUT2D eigenvalue weighted by Gasteiger charge is -2.09. The lowest BCUT2D eigenvalue weighted by Crippen LogP contribution is -2.08. The molecule has 0 aromatic heterocycles. The summed E-state index contributed by atoms with van der Waals surface area (Å²) in [5.41, 5.74) is 2.12. The van der Waals surface area contributed by atoms with Crippen molar-refractivity contribution in [3.63, 3.8) is 0 Å². The molecular formula is C10H14O2. The third kappa shape index (κ3) is 2.22. The highest BCUT2D eigenvalue weighted by Gasteiger charge is 2.11. The van der Waals surface area contributed by atoms with Crippen LogP contribution in [0.15, 0.2) is 23.3 Å². The quantitative estimate of drug-likeness (QED) is 0.464. The van der Waals surface area contributed by atoms with E-state index in [1.54, 1.807) is 0 Å². The Morgan fingerprint density at radius 3 is 2.75 bits per heavy atom. The fourth-order valence-electron chi connectivity index (χ4n) is 1.13. The van der Waals surface area contributed by atoms with E-state index in [1.807, 2.05) is 13.0 Å². The minimum absolute atomic E-state index is 0.166. The fraction of sp³-hybridized carbons (Fsp3) is 0.500. The first kappa shape index (κ1) is 9.04. The Hall–Kier alpha value is -1.05. The topological polar surface area (TPSA) is 26.3 Å². The Kier molecular flexibility index (Phi) is 3.09. The largest absolute Gasteiger partial charge is 0.463 e. The van der Waals surface area contributed by atoms with Gasteiger partial charge in [0.25, 0.3) is 0 Å². The van der Waals surface area contributed by atoms with E-state index in [0.29, 0.717) is 6.61 Å². The summed E-state index contributed by atoms with van der Waals surface area (Å²) in [5, 5.41) is 0. The van der Waals surface area contributed by atoms with Crippen molar-refractivity contribution in [2.24, 2.45) is 0 Å². The standard InChI is InChI=1S/C10H14O2/c1-3-12-10(11)9-6-4-8(2)5-7-9/h4,7H,3,5-6H2,1-2H3. The van der Waals surface area contributed by atoms with Crippen LogP contribution in [0.2, 0.25) is 0 Å². The van der Waals surface area contributed by atoms with Crippen LogP contribution in [0.3, 0.4) is 0 Å². The van der Waals surface area contributed by atoms with Crippen LogP contribution < -0.4 is 0 Å². The van der Waals surface area contributed by atoms with E-state index in [4.69, 9.17) is 4.74 Å². The maximum Gasteiger partial charge on any atom is 0.333 e. The zero-order valence-corrected chi connectivity index (χ0v) is 7.59.